The molecule has 0 rings (SSSR count). The van der Waals surface area contributed by atoms with Crippen molar-refractivity contribution in [3.8, 4) is 0 Å². The Morgan fingerprint density at radius 3 is 0.773 bits per heavy atom. The summed E-state index contributed by atoms with van der Waals surface area (Å²) in [6, 6.07) is 0. The summed E-state index contributed by atoms with van der Waals surface area (Å²) < 4.78 is 16.9. The zero-order chi connectivity index (χ0) is 47.9. The quantitative estimate of drug-likeness (QED) is 0.0262. The third-order valence-corrected chi connectivity index (χ3v) is 13.2. The molecule has 0 amide bonds. The molecule has 0 aromatic rings. The Bertz CT molecular complexity index is 1070. The van der Waals surface area contributed by atoms with Gasteiger partial charge in [0.05, 0.1) is 0 Å². The van der Waals surface area contributed by atoms with E-state index in [1.54, 1.807) is 0 Å². The van der Waals surface area contributed by atoms with E-state index < -0.39 is 6.10 Å². The number of ether oxygens (including phenoxy) is 3. The number of hydrogen-bond donors (Lipinski definition) is 0. The second kappa shape index (κ2) is 55.5. The smallest absolute Gasteiger partial charge is 0.306 e. The fraction of sp³-hybridized carbons (Fsp3) is 0.883. The minimum absolute atomic E-state index is 0.0706. The van der Waals surface area contributed by atoms with Crippen LogP contribution in [0.2, 0.25) is 0 Å². The van der Waals surface area contributed by atoms with E-state index in [-0.39, 0.29) is 31.1 Å². The van der Waals surface area contributed by atoms with E-state index in [1.807, 2.05) is 0 Å². The first-order valence-electron chi connectivity index (χ1n) is 29.3. The summed E-state index contributed by atoms with van der Waals surface area (Å²) in [7, 11) is 0. The van der Waals surface area contributed by atoms with Gasteiger partial charge in [-0.3, -0.25) is 14.4 Å². The number of carbonyl (C=O) groups is 3. The van der Waals surface area contributed by atoms with Crippen LogP contribution in [0.15, 0.2) is 24.3 Å². The van der Waals surface area contributed by atoms with Crippen LogP contribution in [0.4, 0.5) is 0 Å². The van der Waals surface area contributed by atoms with E-state index in [9.17, 15) is 14.4 Å². The van der Waals surface area contributed by atoms with Crippen molar-refractivity contribution in [2.24, 2.45) is 0 Å². The maximum absolute atomic E-state index is 12.8. The van der Waals surface area contributed by atoms with Crippen LogP contribution in [0.1, 0.15) is 323 Å². The zero-order valence-corrected chi connectivity index (χ0v) is 44.5. The fourth-order valence-electron chi connectivity index (χ4n) is 8.73. The lowest BCUT2D eigenvalue weighted by atomic mass is 10.0. The molecule has 0 aromatic heterocycles. The van der Waals surface area contributed by atoms with Crippen LogP contribution in [-0.2, 0) is 28.6 Å². The van der Waals surface area contributed by atoms with Gasteiger partial charge in [0.25, 0.3) is 0 Å². The summed E-state index contributed by atoms with van der Waals surface area (Å²) >= 11 is 0. The van der Waals surface area contributed by atoms with Gasteiger partial charge in [0, 0.05) is 19.3 Å². The highest BCUT2D eigenvalue weighted by Crippen LogP contribution is 2.17. The molecule has 66 heavy (non-hydrogen) atoms. The van der Waals surface area contributed by atoms with E-state index >= 15 is 0 Å². The minimum Gasteiger partial charge on any atom is -0.462 e. The van der Waals surface area contributed by atoms with Crippen molar-refractivity contribution in [3.63, 3.8) is 0 Å². The first-order valence-corrected chi connectivity index (χ1v) is 29.3. The lowest BCUT2D eigenvalue weighted by Crippen LogP contribution is -2.30. The lowest BCUT2D eigenvalue weighted by molar-refractivity contribution is -0.167. The first kappa shape index (κ1) is 63.9. The Balaban J connectivity index is 4.28. The van der Waals surface area contributed by atoms with Crippen LogP contribution in [0.25, 0.3) is 0 Å². The van der Waals surface area contributed by atoms with Crippen molar-refractivity contribution in [2.45, 2.75) is 329 Å². The molecule has 0 N–H and O–H groups in total. The van der Waals surface area contributed by atoms with E-state index in [0.717, 1.165) is 64.2 Å². The number of esters is 3. The summed E-state index contributed by atoms with van der Waals surface area (Å²) in [5.41, 5.74) is 0. The van der Waals surface area contributed by atoms with Crippen LogP contribution < -0.4 is 0 Å². The maximum Gasteiger partial charge on any atom is 0.306 e. The van der Waals surface area contributed by atoms with Gasteiger partial charge in [-0.05, 0) is 70.6 Å². The lowest BCUT2D eigenvalue weighted by Gasteiger charge is -2.18. The molecule has 0 fully saturated rings. The molecule has 1 atom stereocenters. The summed E-state index contributed by atoms with van der Waals surface area (Å²) in [5, 5.41) is 0. The van der Waals surface area contributed by atoms with Crippen LogP contribution in [0.5, 0.6) is 0 Å². The monoisotopic (exact) mass is 929 g/mol. The maximum atomic E-state index is 12.8. The van der Waals surface area contributed by atoms with Gasteiger partial charge in [0.1, 0.15) is 13.2 Å². The molecule has 0 saturated heterocycles. The summed E-state index contributed by atoms with van der Waals surface area (Å²) in [5.74, 6) is -0.862. The standard InChI is InChI=1S/C60H112O6/c1-4-7-10-13-16-19-22-25-27-28-29-30-31-32-33-36-38-41-44-47-50-53-59(62)65-56-57(55-64-58(61)52-49-46-43-40-37-34-24-21-18-15-12-9-6-3)66-60(63)54-51-48-45-42-39-35-26-23-20-17-14-11-8-5-2/h21,24,28-29,57H,4-20,22-23,25-27,30-56H2,1-3H3/b24-21-,29-28-. The van der Waals surface area contributed by atoms with E-state index in [2.05, 4.69) is 45.1 Å². The van der Waals surface area contributed by atoms with Gasteiger partial charge < -0.3 is 14.2 Å². The number of rotatable bonds is 54. The van der Waals surface area contributed by atoms with Gasteiger partial charge in [0.15, 0.2) is 6.10 Å². The Morgan fingerprint density at radius 2 is 0.500 bits per heavy atom. The topological polar surface area (TPSA) is 78.9 Å². The van der Waals surface area contributed by atoms with Crippen molar-refractivity contribution < 1.29 is 28.6 Å². The number of allylic oxidation sites excluding steroid dienone is 4. The zero-order valence-electron chi connectivity index (χ0n) is 44.5. The Morgan fingerprint density at radius 1 is 0.288 bits per heavy atom. The minimum atomic E-state index is -0.771. The van der Waals surface area contributed by atoms with Gasteiger partial charge in [-0.15, -0.1) is 0 Å². The van der Waals surface area contributed by atoms with Crippen molar-refractivity contribution in [1.82, 2.24) is 0 Å². The van der Waals surface area contributed by atoms with Gasteiger partial charge in [-0.2, -0.15) is 0 Å². The average Bonchev–Trinajstić information content (AvgIpc) is 3.31. The molecule has 0 saturated carbocycles. The predicted molar refractivity (Wildman–Crippen MR) is 284 cm³/mol. The summed E-state index contributed by atoms with van der Waals surface area (Å²) in [4.78, 5) is 38.1. The molecule has 0 aromatic carbocycles. The molecular weight excluding hydrogens is 817 g/mol. The van der Waals surface area contributed by atoms with E-state index in [0.29, 0.717) is 19.3 Å². The third-order valence-electron chi connectivity index (χ3n) is 13.2. The van der Waals surface area contributed by atoms with Crippen LogP contribution in [0, 0.1) is 0 Å². The highest BCUT2D eigenvalue weighted by atomic mass is 16.6. The molecule has 6 heteroatoms. The molecule has 0 radical (unpaired) electrons. The highest BCUT2D eigenvalue weighted by molar-refractivity contribution is 5.71. The van der Waals surface area contributed by atoms with Crippen molar-refractivity contribution >= 4 is 17.9 Å². The highest BCUT2D eigenvalue weighted by Gasteiger charge is 2.19. The van der Waals surface area contributed by atoms with Crippen molar-refractivity contribution in [1.29, 1.82) is 0 Å². The molecule has 0 spiro atoms. The van der Waals surface area contributed by atoms with E-state index in [1.165, 1.54) is 218 Å². The molecule has 0 bridgehead atoms. The summed E-state index contributed by atoms with van der Waals surface area (Å²) in [6.07, 6.45) is 64.6. The first-order chi connectivity index (χ1) is 32.5. The molecule has 1 unspecified atom stereocenters. The normalized spacial score (nSPS) is 12.1. The predicted octanol–water partition coefficient (Wildman–Crippen LogP) is 19.5. The molecule has 0 heterocycles. The van der Waals surface area contributed by atoms with E-state index in [4.69, 9.17) is 14.2 Å². The van der Waals surface area contributed by atoms with Crippen LogP contribution in [0.3, 0.4) is 0 Å². The number of hydrogen-bond acceptors (Lipinski definition) is 6. The average molecular weight is 930 g/mol. The van der Waals surface area contributed by atoms with Crippen LogP contribution in [-0.4, -0.2) is 37.2 Å². The van der Waals surface area contributed by atoms with Gasteiger partial charge in [-0.1, -0.05) is 257 Å². The molecule has 0 aliphatic heterocycles. The second-order valence-corrected chi connectivity index (χ2v) is 19.9. The van der Waals surface area contributed by atoms with Crippen molar-refractivity contribution in [3.05, 3.63) is 24.3 Å². The van der Waals surface area contributed by atoms with Crippen LogP contribution >= 0.6 is 0 Å². The molecular formula is C60H112O6. The number of unbranched alkanes of at least 4 members (excludes halogenated alkanes) is 39. The number of carbonyl (C=O) groups excluding carboxylic acids is 3. The Labute approximate surface area is 411 Å². The largest absolute Gasteiger partial charge is 0.462 e. The SMILES string of the molecule is CCCCCC/C=C\CCCCCCCC(=O)OCC(COC(=O)CCCCCCCCCCC/C=C\CCCCCCCCCC)OC(=O)CCCCCCCCCCCCCCCC. The Hall–Kier alpha value is -2.11. The second-order valence-electron chi connectivity index (χ2n) is 19.9. The molecule has 0 aliphatic rings. The Kier molecular flexibility index (Phi) is 53.7. The molecule has 0 aliphatic carbocycles. The van der Waals surface area contributed by atoms with Gasteiger partial charge in [-0.25, -0.2) is 0 Å². The fourth-order valence-corrected chi connectivity index (χ4v) is 8.73. The molecule has 6 nitrogen and oxygen atoms in total. The summed E-state index contributed by atoms with van der Waals surface area (Å²) in [6.45, 7) is 6.66. The molecule has 388 valence electrons. The third kappa shape index (κ3) is 52.9. The van der Waals surface area contributed by atoms with Gasteiger partial charge in [0.2, 0.25) is 0 Å². The van der Waals surface area contributed by atoms with Gasteiger partial charge >= 0.3 is 17.9 Å². The van der Waals surface area contributed by atoms with Crippen molar-refractivity contribution in [2.75, 3.05) is 13.2 Å².